The molecule has 0 spiro atoms. The molecule has 114 valence electrons. The Labute approximate surface area is 133 Å². The summed E-state index contributed by atoms with van der Waals surface area (Å²) < 4.78 is 53.8. The molecule has 0 atom stereocenters. The van der Waals surface area contributed by atoms with Gasteiger partial charge in [-0.05, 0) is 36.2 Å². The second-order valence-corrected chi connectivity index (χ2v) is 7.89. The first-order valence-electron chi connectivity index (χ1n) is 5.73. The SMILES string of the molecule is CNCc1csc(S(=O)(=O)Nc2c(F)cc(Br)cc2F)c1. The molecule has 4 nitrogen and oxygen atoms in total. The van der Waals surface area contributed by atoms with Gasteiger partial charge in [-0.25, -0.2) is 17.2 Å². The maximum atomic E-state index is 13.7. The highest BCUT2D eigenvalue weighted by Gasteiger charge is 2.21. The van der Waals surface area contributed by atoms with Crippen molar-refractivity contribution in [2.45, 2.75) is 10.8 Å². The second-order valence-electron chi connectivity index (χ2n) is 4.15. The van der Waals surface area contributed by atoms with E-state index in [0.29, 0.717) is 6.54 Å². The van der Waals surface area contributed by atoms with Crippen molar-refractivity contribution >= 4 is 43.0 Å². The van der Waals surface area contributed by atoms with Gasteiger partial charge in [0.15, 0.2) is 11.6 Å². The molecular weight excluding hydrogens is 386 g/mol. The summed E-state index contributed by atoms with van der Waals surface area (Å²) in [6.45, 7) is 0.507. The number of hydrogen-bond acceptors (Lipinski definition) is 4. The molecule has 0 aliphatic rings. The van der Waals surface area contributed by atoms with Gasteiger partial charge in [-0.2, -0.15) is 0 Å². The van der Waals surface area contributed by atoms with Gasteiger partial charge in [-0.3, -0.25) is 4.72 Å². The second kappa shape index (κ2) is 6.39. The van der Waals surface area contributed by atoms with Crippen LogP contribution in [0.5, 0.6) is 0 Å². The zero-order chi connectivity index (χ0) is 15.6. The molecule has 2 N–H and O–H groups in total. The van der Waals surface area contributed by atoms with Crippen LogP contribution in [-0.4, -0.2) is 15.5 Å². The standard InChI is InChI=1S/C12H11BrF2N2O2S2/c1-16-5-7-2-11(20-6-7)21(18,19)17-12-9(14)3-8(13)4-10(12)15/h2-4,6,16-17H,5H2,1H3. The van der Waals surface area contributed by atoms with E-state index in [4.69, 9.17) is 0 Å². The minimum Gasteiger partial charge on any atom is -0.316 e. The van der Waals surface area contributed by atoms with Crippen molar-refractivity contribution in [3.05, 3.63) is 45.2 Å². The normalized spacial score (nSPS) is 11.6. The fraction of sp³-hybridized carbons (Fsp3) is 0.167. The smallest absolute Gasteiger partial charge is 0.271 e. The van der Waals surface area contributed by atoms with E-state index in [0.717, 1.165) is 29.0 Å². The number of nitrogens with one attached hydrogen (secondary N) is 2. The lowest BCUT2D eigenvalue weighted by atomic mass is 10.3. The Kier molecular flexibility index (Phi) is 4.97. The van der Waals surface area contributed by atoms with Gasteiger partial charge in [0.1, 0.15) is 9.90 Å². The van der Waals surface area contributed by atoms with Gasteiger partial charge >= 0.3 is 0 Å². The largest absolute Gasteiger partial charge is 0.316 e. The Hall–Kier alpha value is -1.03. The Morgan fingerprint density at radius 1 is 1.24 bits per heavy atom. The number of hydrogen-bond donors (Lipinski definition) is 2. The molecule has 0 aliphatic carbocycles. The number of halogens is 3. The fourth-order valence-electron chi connectivity index (χ4n) is 1.62. The summed E-state index contributed by atoms with van der Waals surface area (Å²) in [7, 11) is -2.29. The molecule has 0 bridgehead atoms. The van der Waals surface area contributed by atoms with Crippen LogP contribution in [0.3, 0.4) is 0 Å². The van der Waals surface area contributed by atoms with Crippen molar-refractivity contribution < 1.29 is 17.2 Å². The van der Waals surface area contributed by atoms with Crippen molar-refractivity contribution in [3.8, 4) is 0 Å². The predicted octanol–water partition coefficient (Wildman–Crippen LogP) is 3.31. The molecule has 1 aromatic carbocycles. The summed E-state index contributed by atoms with van der Waals surface area (Å²) in [4.78, 5) is 0. The zero-order valence-electron chi connectivity index (χ0n) is 10.8. The molecule has 9 heteroatoms. The van der Waals surface area contributed by atoms with Crippen LogP contribution in [0.2, 0.25) is 0 Å². The average molecular weight is 397 g/mol. The van der Waals surface area contributed by atoms with Gasteiger partial charge in [-0.15, -0.1) is 11.3 Å². The van der Waals surface area contributed by atoms with Crippen molar-refractivity contribution in [1.82, 2.24) is 5.32 Å². The summed E-state index contributed by atoms with van der Waals surface area (Å²) in [5, 5.41) is 4.56. The van der Waals surface area contributed by atoms with Crippen molar-refractivity contribution in [1.29, 1.82) is 0 Å². The Morgan fingerprint density at radius 3 is 2.43 bits per heavy atom. The molecule has 0 unspecified atom stereocenters. The van der Waals surface area contributed by atoms with E-state index in [2.05, 4.69) is 21.2 Å². The number of rotatable bonds is 5. The van der Waals surface area contributed by atoms with Crippen molar-refractivity contribution in [3.63, 3.8) is 0 Å². The van der Waals surface area contributed by atoms with E-state index in [1.807, 2.05) is 4.72 Å². The molecule has 21 heavy (non-hydrogen) atoms. The maximum Gasteiger partial charge on any atom is 0.271 e. The fourth-order valence-corrected chi connectivity index (χ4v) is 4.30. The van der Waals surface area contributed by atoms with E-state index >= 15 is 0 Å². The van der Waals surface area contributed by atoms with E-state index in [1.165, 1.54) is 6.07 Å². The van der Waals surface area contributed by atoms with Crippen LogP contribution < -0.4 is 10.0 Å². The third kappa shape index (κ3) is 3.79. The minimum atomic E-state index is -4.02. The van der Waals surface area contributed by atoms with Crippen molar-refractivity contribution in [2.75, 3.05) is 11.8 Å². The van der Waals surface area contributed by atoms with Crippen LogP contribution in [0.25, 0.3) is 0 Å². The van der Waals surface area contributed by atoms with Crippen LogP contribution in [0.1, 0.15) is 5.56 Å². The van der Waals surface area contributed by atoms with Crippen LogP contribution in [0, 0.1) is 11.6 Å². The van der Waals surface area contributed by atoms with Crippen LogP contribution in [0.4, 0.5) is 14.5 Å². The molecule has 1 heterocycles. The highest BCUT2D eigenvalue weighted by atomic mass is 79.9. The summed E-state index contributed by atoms with van der Waals surface area (Å²) in [5.74, 6) is -1.98. The topological polar surface area (TPSA) is 58.2 Å². The Balaban J connectivity index is 2.33. The lowest BCUT2D eigenvalue weighted by Gasteiger charge is -2.08. The molecule has 0 amide bonds. The van der Waals surface area contributed by atoms with Gasteiger partial charge in [0, 0.05) is 11.0 Å². The molecular formula is C12H11BrF2N2O2S2. The van der Waals surface area contributed by atoms with Gasteiger partial charge in [0.2, 0.25) is 0 Å². The number of sulfonamides is 1. The zero-order valence-corrected chi connectivity index (χ0v) is 14.0. The van der Waals surface area contributed by atoms with Crippen LogP contribution in [-0.2, 0) is 16.6 Å². The summed E-state index contributed by atoms with van der Waals surface area (Å²) in [6, 6.07) is 3.43. The van der Waals surface area contributed by atoms with Gasteiger partial charge in [0.25, 0.3) is 10.0 Å². The highest BCUT2D eigenvalue weighted by Crippen LogP contribution is 2.28. The van der Waals surface area contributed by atoms with E-state index < -0.39 is 27.3 Å². The molecule has 2 rings (SSSR count). The van der Waals surface area contributed by atoms with Crippen LogP contribution >= 0.6 is 27.3 Å². The molecule has 0 radical (unpaired) electrons. The first kappa shape index (κ1) is 16.3. The predicted molar refractivity (Wildman–Crippen MR) is 81.9 cm³/mol. The van der Waals surface area contributed by atoms with E-state index in [9.17, 15) is 17.2 Å². The first-order chi connectivity index (χ1) is 9.83. The van der Waals surface area contributed by atoms with Crippen LogP contribution in [0.15, 0.2) is 32.3 Å². The third-order valence-corrected chi connectivity index (χ3v) is 5.81. The van der Waals surface area contributed by atoms with Gasteiger partial charge in [0.05, 0.1) is 0 Å². The van der Waals surface area contributed by atoms with E-state index in [1.54, 1.807) is 12.4 Å². The third-order valence-electron chi connectivity index (χ3n) is 2.52. The van der Waals surface area contributed by atoms with Crippen molar-refractivity contribution in [2.24, 2.45) is 0 Å². The molecule has 0 fully saturated rings. The monoisotopic (exact) mass is 396 g/mol. The highest BCUT2D eigenvalue weighted by molar-refractivity contribution is 9.10. The molecule has 0 saturated heterocycles. The van der Waals surface area contributed by atoms with E-state index in [-0.39, 0.29) is 8.68 Å². The Morgan fingerprint density at radius 2 is 1.86 bits per heavy atom. The molecule has 2 aromatic rings. The maximum absolute atomic E-state index is 13.7. The molecule has 1 aromatic heterocycles. The number of benzene rings is 1. The lowest BCUT2D eigenvalue weighted by Crippen LogP contribution is -2.14. The summed E-state index contributed by atoms with van der Waals surface area (Å²) in [6.07, 6.45) is 0. The molecule has 0 saturated carbocycles. The number of anilines is 1. The Bertz CT molecular complexity index is 739. The summed E-state index contributed by atoms with van der Waals surface area (Å²) >= 11 is 3.92. The van der Waals surface area contributed by atoms with Gasteiger partial charge in [-0.1, -0.05) is 15.9 Å². The summed E-state index contributed by atoms with van der Waals surface area (Å²) in [5.41, 5.74) is 0.0846. The number of thiophene rings is 1. The minimum absolute atomic E-state index is 0.00512. The lowest BCUT2D eigenvalue weighted by molar-refractivity contribution is 0.582. The first-order valence-corrected chi connectivity index (χ1v) is 8.88. The van der Waals surface area contributed by atoms with Gasteiger partial charge < -0.3 is 5.32 Å². The molecule has 0 aliphatic heterocycles. The average Bonchev–Trinajstić information content (AvgIpc) is 2.84. The quantitative estimate of drug-likeness (QED) is 0.814.